The molecule has 0 bridgehead atoms. The summed E-state index contributed by atoms with van der Waals surface area (Å²) in [5, 5.41) is 5.90. The van der Waals surface area contributed by atoms with Crippen LogP contribution in [0.1, 0.15) is 32.1 Å². The molecular formula is C18H24N4O5S. The van der Waals surface area contributed by atoms with Crippen molar-refractivity contribution in [2.45, 2.75) is 32.1 Å². The highest BCUT2D eigenvalue weighted by molar-refractivity contribution is 7.88. The van der Waals surface area contributed by atoms with Crippen LogP contribution in [0.5, 0.6) is 0 Å². The van der Waals surface area contributed by atoms with Crippen molar-refractivity contribution in [3.05, 3.63) is 45.0 Å². The fourth-order valence-corrected chi connectivity index (χ4v) is 4.37. The Labute approximate surface area is 163 Å². The number of hydroxylamine groups is 1. The molecule has 1 saturated heterocycles. The third-order valence-electron chi connectivity index (χ3n) is 4.52. The Balaban J connectivity index is 1.41. The highest BCUT2D eigenvalue weighted by Gasteiger charge is 2.24. The lowest BCUT2D eigenvalue weighted by atomic mass is 10.1. The number of anilines is 3. The van der Waals surface area contributed by atoms with E-state index < -0.39 is 20.9 Å². The van der Waals surface area contributed by atoms with Gasteiger partial charge in [-0.1, -0.05) is 10.9 Å². The van der Waals surface area contributed by atoms with Crippen molar-refractivity contribution in [3.8, 4) is 0 Å². The first kappa shape index (κ1) is 20.4. The van der Waals surface area contributed by atoms with Crippen LogP contribution >= 0.6 is 0 Å². The van der Waals surface area contributed by atoms with Crippen molar-refractivity contribution in [1.29, 1.82) is 0 Å². The van der Waals surface area contributed by atoms with Gasteiger partial charge in [0.15, 0.2) is 0 Å². The van der Waals surface area contributed by atoms with Crippen molar-refractivity contribution in [1.82, 2.24) is 9.45 Å². The summed E-state index contributed by atoms with van der Waals surface area (Å²) in [5.41, 5.74) is 0.112. The van der Waals surface area contributed by atoms with E-state index in [9.17, 15) is 18.0 Å². The summed E-state index contributed by atoms with van der Waals surface area (Å²) in [4.78, 5) is 32.6. The van der Waals surface area contributed by atoms with Gasteiger partial charge in [-0.2, -0.15) is 0 Å². The smallest absolute Gasteiger partial charge is 0.253 e. The first-order valence-corrected chi connectivity index (χ1v) is 11.0. The van der Waals surface area contributed by atoms with Crippen LogP contribution in [0, 0.1) is 0 Å². The molecular weight excluding hydrogens is 384 g/mol. The normalized spacial score (nSPS) is 15.6. The first-order valence-electron chi connectivity index (χ1n) is 9.36. The van der Waals surface area contributed by atoms with Crippen molar-refractivity contribution < 1.29 is 13.3 Å². The Morgan fingerprint density at radius 1 is 1.04 bits per heavy atom. The molecule has 2 aromatic rings. The van der Waals surface area contributed by atoms with E-state index in [1.807, 2.05) is 0 Å². The summed E-state index contributed by atoms with van der Waals surface area (Å²) in [7, 11) is -3.37. The van der Waals surface area contributed by atoms with Gasteiger partial charge in [0.1, 0.15) is 11.4 Å². The maximum Gasteiger partial charge on any atom is 0.253 e. The molecule has 2 N–H and O–H groups in total. The topological polar surface area (TPSA) is 118 Å². The summed E-state index contributed by atoms with van der Waals surface area (Å²) in [5.74, 6) is 0.0436. The van der Waals surface area contributed by atoms with Crippen molar-refractivity contribution >= 4 is 27.1 Å². The SMILES string of the molecule is O=c1c(NCCCCCS(=O)(=O)N2CCCCO2)c(Nc2ccncc2)c1=O. The number of pyridine rings is 1. The van der Waals surface area contributed by atoms with Crippen LogP contribution in [0.2, 0.25) is 0 Å². The predicted molar refractivity (Wildman–Crippen MR) is 107 cm³/mol. The Morgan fingerprint density at radius 2 is 1.79 bits per heavy atom. The molecule has 9 nitrogen and oxygen atoms in total. The second kappa shape index (κ2) is 9.26. The molecule has 1 aliphatic heterocycles. The summed E-state index contributed by atoms with van der Waals surface area (Å²) < 4.78 is 25.4. The molecule has 1 aromatic carbocycles. The number of unbranched alkanes of at least 4 members (excludes halogenated alkanes) is 2. The third kappa shape index (κ3) is 4.94. The lowest BCUT2D eigenvalue weighted by molar-refractivity contribution is -0.108. The van der Waals surface area contributed by atoms with E-state index in [1.165, 1.54) is 0 Å². The van der Waals surface area contributed by atoms with Crippen LogP contribution in [0.15, 0.2) is 34.1 Å². The maximum atomic E-state index is 12.2. The lowest BCUT2D eigenvalue weighted by Gasteiger charge is -2.25. The molecule has 0 aliphatic carbocycles. The van der Waals surface area contributed by atoms with Crippen LogP contribution in [-0.2, 0) is 14.9 Å². The van der Waals surface area contributed by atoms with Gasteiger partial charge in [0, 0.05) is 31.2 Å². The van der Waals surface area contributed by atoms with E-state index in [0.29, 0.717) is 44.6 Å². The van der Waals surface area contributed by atoms with Gasteiger partial charge in [-0.25, -0.2) is 8.42 Å². The second-order valence-corrected chi connectivity index (χ2v) is 8.62. The largest absolute Gasteiger partial charge is 0.380 e. The molecule has 0 atom stereocenters. The Kier molecular flexibility index (Phi) is 6.76. The molecule has 0 unspecified atom stereocenters. The van der Waals surface area contributed by atoms with Gasteiger partial charge in [0.05, 0.1) is 12.4 Å². The fourth-order valence-electron chi connectivity index (χ4n) is 2.95. The number of nitrogens with one attached hydrogen (secondary N) is 2. The van der Waals surface area contributed by atoms with Crippen LogP contribution in [0.25, 0.3) is 0 Å². The number of nitrogens with zero attached hydrogens (tertiary/aromatic N) is 2. The highest BCUT2D eigenvalue weighted by Crippen LogP contribution is 2.20. The second-order valence-electron chi connectivity index (χ2n) is 6.64. The minimum atomic E-state index is -3.37. The van der Waals surface area contributed by atoms with Crippen LogP contribution in [-0.4, -0.2) is 43.3 Å². The summed E-state index contributed by atoms with van der Waals surface area (Å²) >= 11 is 0. The number of aromatic nitrogens is 1. The molecule has 0 radical (unpaired) electrons. The van der Waals surface area contributed by atoms with E-state index in [0.717, 1.165) is 17.3 Å². The Bertz CT molecular complexity index is 948. The number of rotatable bonds is 10. The molecule has 3 rings (SSSR count). The maximum absolute atomic E-state index is 12.2. The highest BCUT2D eigenvalue weighted by atomic mass is 32.2. The van der Waals surface area contributed by atoms with E-state index in [2.05, 4.69) is 15.6 Å². The quantitative estimate of drug-likeness (QED) is 0.447. The average molecular weight is 408 g/mol. The summed E-state index contributed by atoms with van der Waals surface area (Å²) in [6.45, 7) is 1.35. The first-order chi connectivity index (χ1) is 13.5. The lowest BCUT2D eigenvalue weighted by Crippen LogP contribution is -2.37. The minimum Gasteiger partial charge on any atom is -0.380 e. The monoisotopic (exact) mass is 408 g/mol. The van der Waals surface area contributed by atoms with Gasteiger partial charge in [-0.15, -0.1) is 0 Å². The van der Waals surface area contributed by atoms with Gasteiger partial charge in [0.2, 0.25) is 10.0 Å². The van der Waals surface area contributed by atoms with Gasteiger partial charge < -0.3 is 10.6 Å². The standard InChI is InChI=1S/C18H24N4O5S/c23-17-15(16(18(17)24)21-14-6-9-19-10-7-14)20-8-2-1-5-13-28(25,26)22-11-3-4-12-27-22/h6-7,9-10,20H,1-5,8,11-13H2,(H,19,21). The van der Waals surface area contributed by atoms with Crippen LogP contribution < -0.4 is 21.5 Å². The molecule has 1 fully saturated rings. The molecule has 0 spiro atoms. The average Bonchev–Trinajstić information content (AvgIpc) is 2.73. The zero-order valence-electron chi connectivity index (χ0n) is 15.5. The van der Waals surface area contributed by atoms with Crippen molar-refractivity contribution in [2.24, 2.45) is 0 Å². The Hall–Kier alpha value is -2.30. The van der Waals surface area contributed by atoms with Crippen molar-refractivity contribution in [2.75, 3.05) is 36.1 Å². The van der Waals surface area contributed by atoms with Gasteiger partial charge in [0.25, 0.3) is 10.9 Å². The van der Waals surface area contributed by atoms with Crippen LogP contribution in [0.3, 0.4) is 0 Å². The number of sulfonamides is 1. The molecule has 1 aromatic heterocycles. The molecule has 28 heavy (non-hydrogen) atoms. The molecule has 152 valence electrons. The van der Waals surface area contributed by atoms with Crippen LogP contribution in [0.4, 0.5) is 17.1 Å². The van der Waals surface area contributed by atoms with E-state index in [4.69, 9.17) is 4.84 Å². The summed E-state index contributed by atoms with van der Waals surface area (Å²) in [6.07, 6.45) is 6.76. The molecule has 1 aliphatic rings. The minimum absolute atomic E-state index is 0.0436. The predicted octanol–water partition coefficient (Wildman–Crippen LogP) is 1.36. The van der Waals surface area contributed by atoms with Gasteiger partial charge in [-0.05, 0) is 37.8 Å². The van der Waals surface area contributed by atoms with E-state index in [-0.39, 0.29) is 17.1 Å². The molecule has 10 heteroatoms. The molecule has 2 heterocycles. The van der Waals surface area contributed by atoms with Gasteiger partial charge in [-0.3, -0.25) is 19.4 Å². The van der Waals surface area contributed by atoms with Gasteiger partial charge >= 0.3 is 0 Å². The summed E-state index contributed by atoms with van der Waals surface area (Å²) in [6, 6.07) is 3.40. The number of hydrogen-bond donors (Lipinski definition) is 2. The fraction of sp³-hybridized carbons (Fsp3) is 0.500. The van der Waals surface area contributed by atoms with E-state index in [1.54, 1.807) is 24.5 Å². The molecule has 0 amide bonds. The third-order valence-corrected chi connectivity index (χ3v) is 6.23. The van der Waals surface area contributed by atoms with Crippen molar-refractivity contribution in [3.63, 3.8) is 0 Å². The van der Waals surface area contributed by atoms with E-state index >= 15 is 0 Å². The number of hydrogen-bond acceptors (Lipinski definition) is 8. The zero-order chi connectivity index (χ0) is 20.0. The Morgan fingerprint density at radius 3 is 2.50 bits per heavy atom. The molecule has 0 saturated carbocycles. The zero-order valence-corrected chi connectivity index (χ0v) is 16.3.